The molecule has 0 amide bonds. The number of nitrogens with two attached hydrogens (primary N) is 1. The highest BCUT2D eigenvalue weighted by Gasteiger charge is 2.19. The van der Waals surface area contributed by atoms with Crippen molar-refractivity contribution in [2.75, 3.05) is 12.3 Å². The maximum atomic E-state index is 13.7. The van der Waals surface area contributed by atoms with E-state index in [1.54, 1.807) is 11.4 Å². The summed E-state index contributed by atoms with van der Waals surface area (Å²) in [5.41, 5.74) is 8.11. The smallest absolute Gasteiger partial charge is 0.345 e. The van der Waals surface area contributed by atoms with E-state index in [9.17, 15) is 9.18 Å². The first kappa shape index (κ1) is 20.5. The zero-order valence-corrected chi connectivity index (χ0v) is 17.4. The maximum absolute atomic E-state index is 13.7. The second-order valence-corrected chi connectivity index (χ2v) is 7.99. The number of furan rings is 1. The number of halogens is 3. The lowest BCUT2D eigenvalue weighted by atomic mass is 10.1. The average Bonchev–Trinajstić information content (AvgIpc) is 3.36. The molecule has 6 nitrogen and oxygen atoms in total. The minimum Gasteiger partial charge on any atom is -0.486 e. The van der Waals surface area contributed by atoms with Crippen molar-refractivity contribution in [1.29, 1.82) is 0 Å². The van der Waals surface area contributed by atoms with Gasteiger partial charge in [-0.05, 0) is 34.7 Å². The van der Waals surface area contributed by atoms with Crippen molar-refractivity contribution in [3.8, 4) is 16.9 Å². The average molecular weight is 467 g/mol. The first-order valence-corrected chi connectivity index (χ1v) is 10.2. The summed E-state index contributed by atoms with van der Waals surface area (Å²) in [4.78, 5) is 15.5. The molecular formula is C20H13Cl2FN2O4S. The molecule has 0 aliphatic heterocycles. The van der Waals surface area contributed by atoms with E-state index in [-0.39, 0.29) is 34.5 Å². The summed E-state index contributed by atoms with van der Waals surface area (Å²) in [5, 5.41) is 11.8. The number of nitrogen functional groups attached to an aromatic ring is 1. The molecule has 3 heterocycles. The van der Waals surface area contributed by atoms with Crippen LogP contribution in [0.3, 0.4) is 0 Å². The molecule has 4 rings (SSSR count). The van der Waals surface area contributed by atoms with Crippen LogP contribution in [0.15, 0.2) is 40.5 Å². The number of nitrogens with zero attached hydrogens (tertiary/aromatic N) is 1. The van der Waals surface area contributed by atoms with E-state index in [1.807, 2.05) is 0 Å². The van der Waals surface area contributed by atoms with E-state index in [1.165, 1.54) is 24.6 Å². The van der Waals surface area contributed by atoms with Gasteiger partial charge in [-0.1, -0.05) is 23.2 Å². The number of carboxylic acid groups (broad SMARTS) is 1. The van der Waals surface area contributed by atoms with Gasteiger partial charge in [0.15, 0.2) is 11.4 Å². The second kappa shape index (κ2) is 8.14. The fourth-order valence-electron chi connectivity index (χ4n) is 2.99. The number of aromatic nitrogens is 1. The molecule has 154 valence electrons. The Balaban J connectivity index is 1.62. The van der Waals surface area contributed by atoms with Gasteiger partial charge in [0.1, 0.15) is 10.7 Å². The molecule has 0 aliphatic rings. The number of carboxylic acids is 1. The summed E-state index contributed by atoms with van der Waals surface area (Å²) in [7, 11) is 0. The quantitative estimate of drug-likeness (QED) is 0.343. The number of pyridine rings is 1. The number of aromatic carboxylic acids is 1. The first-order valence-electron chi connectivity index (χ1n) is 8.60. The first-order chi connectivity index (χ1) is 14.4. The lowest BCUT2D eigenvalue weighted by Crippen LogP contribution is -2.06. The monoisotopic (exact) mass is 466 g/mol. The van der Waals surface area contributed by atoms with Gasteiger partial charge in [0.2, 0.25) is 5.75 Å². The molecule has 0 bridgehead atoms. The minimum atomic E-state index is -1.000. The molecule has 0 saturated carbocycles. The third-order valence-electron chi connectivity index (χ3n) is 4.46. The summed E-state index contributed by atoms with van der Waals surface area (Å²) in [5.74, 6) is -1.21. The predicted molar refractivity (Wildman–Crippen MR) is 114 cm³/mol. The molecule has 3 aromatic heterocycles. The van der Waals surface area contributed by atoms with Crippen LogP contribution in [-0.4, -0.2) is 22.7 Å². The number of thiophene rings is 1. The molecule has 0 unspecified atom stereocenters. The highest BCUT2D eigenvalue weighted by molar-refractivity contribution is 7.12. The standard InChI is InChI=1S/C20H13Cl2FN2O4S/c21-13-1-2-14(23)16(22)10(13)3-4-28-18-17-11(6-25-19(18)24)12(7-29-17)9-5-15(20(26)27)30-8-9/h1-2,5-8H,3-4H2,(H2,24,25)(H,26,27). The van der Waals surface area contributed by atoms with Crippen LogP contribution in [-0.2, 0) is 6.42 Å². The third-order valence-corrected chi connectivity index (χ3v) is 6.14. The highest BCUT2D eigenvalue weighted by Crippen LogP contribution is 2.39. The third kappa shape index (κ3) is 3.69. The van der Waals surface area contributed by atoms with Crippen LogP contribution in [0.5, 0.6) is 5.75 Å². The van der Waals surface area contributed by atoms with Crippen LogP contribution >= 0.6 is 34.5 Å². The van der Waals surface area contributed by atoms with Crippen LogP contribution in [0, 0.1) is 5.82 Å². The Morgan fingerprint density at radius 1 is 1.37 bits per heavy atom. The fraction of sp³-hybridized carbons (Fsp3) is 0.100. The molecule has 1 aromatic carbocycles. The molecule has 0 saturated heterocycles. The number of hydrogen-bond donors (Lipinski definition) is 2. The molecule has 10 heteroatoms. The van der Waals surface area contributed by atoms with Crippen molar-refractivity contribution in [1.82, 2.24) is 4.98 Å². The van der Waals surface area contributed by atoms with Crippen LogP contribution in [0.4, 0.5) is 10.2 Å². The van der Waals surface area contributed by atoms with Gasteiger partial charge in [0.25, 0.3) is 0 Å². The topological polar surface area (TPSA) is 98.6 Å². The van der Waals surface area contributed by atoms with Crippen LogP contribution < -0.4 is 10.5 Å². The molecule has 0 radical (unpaired) electrons. The molecule has 0 fully saturated rings. The van der Waals surface area contributed by atoms with Gasteiger partial charge in [0.05, 0.1) is 23.3 Å². The largest absolute Gasteiger partial charge is 0.486 e. The molecule has 0 atom stereocenters. The van der Waals surface area contributed by atoms with Gasteiger partial charge in [-0.25, -0.2) is 14.2 Å². The molecule has 3 N–H and O–H groups in total. The Morgan fingerprint density at radius 2 is 2.17 bits per heavy atom. The van der Waals surface area contributed by atoms with E-state index < -0.39 is 11.8 Å². The van der Waals surface area contributed by atoms with Crippen LogP contribution in [0.25, 0.3) is 22.1 Å². The summed E-state index contributed by atoms with van der Waals surface area (Å²) in [6, 6.07) is 4.18. The lowest BCUT2D eigenvalue weighted by Gasteiger charge is -2.11. The number of anilines is 1. The second-order valence-electron chi connectivity index (χ2n) is 6.29. The van der Waals surface area contributed by atoms with Crippen molar-refractivity contribution in [2.45, 2.75) is 6.42 Å². The number of benzene rings is 1. The summed E-state index contributed by atoms with van der Waals surface area (Å²) in [6.45, 7) is 0.103. The van der Waals surface area contributed by atoms with Crippen molar-refractivity contribution in [3.63, 3.8) is 0 Å². The van der Waals surface area contributed by atoms with Gasteiger partial charge in [-0.2, -0.15) is 0 Å². The fourth-order valence-corrected chi connectivity index (χ4v) is 4.29. The summed E-state index contributed by atoms with van der Waals surface area (Å²) < 4.78 is 25.1. The Morgan fingerprint density at radius 3 is 2.90 bits per heavy atom. The van der Waals surface area contributed by atoms with Crippen molar-refractivity contribution in [3.05, 3.63) is 62.3 Å². The zero-order valence-electron chi connectivity index (χ0n) is 15.1. The Labute approximate surface area is 183 Å². The normalized spacial score (nSPS) is 11.2. The Bertz CT molecular complexity index is 1270. The van der Waals surface area contributed by atoms with E-state index in [0.29, 0.717) is 32.7 Å². The summed E-state index contributed by atoms with van der Waals surface area (Å²) in [6.07, 6.45) is 3.27. The van der Waals surface area contributed by atoms with Gasteiger partial charge >= 0.3 is 5.97 Å². The molecular weight excluding hydrogens is 454 g/mol. The Hall–Kier alpha value is -2.81. The van der Waals surface area contributed by atoms with Crippen LogP contribution in [0.2, 0.25) is 10.0 Å². The van der Waals surface area contributed by atoms with Crippen molar-refractivity contribution < 1.29 is 23.4 Å². The molecule has 0 spiro atoms. The van der Waals surface area contributed by atoms with Crippen molar-refractivity contribution >= 4 is 57.3 Å². The van der Waals surface area contributed by atoms with E-state index in [2.05, 4.69) is 4.98 Å². The minimum absolute atomic E-state index is 0.0533. The van der Waals surface area contributed by atoms with E-state index >= 15 is 0 Å². The molecule has 30 heavy (non-hydrogen) atoms. The summed E-state index contributed by atoms with van der Waals surface area (Å²) >= 11 is 13.2. The number of fused-ring (bicyclic) bond motifs is 1. The molecule has 4 aromatic rings. The van der Waals surface area contributed by atoms with Crippen molar-refractivity contribution in [2.24, 2.45) is 0 Å². The predicted octanol–water partition coefficient (Wildman–Crippen LogP) is 5.90. The van der Waals surface area contributed by atoms with Gasteiger partial charge in [0, 0.05) is 23.2 Å². The Kier molecular flexibility index (Phi) is 5.55. The number of ether oxygens (including phenoxy) is 1. The van der Waals surface area contributed by atoms with Gasteiger partial charge in [-0.3, -0.25) is 0 Å². The number of hydrogen-bond acceptors (Lipinski definition) is 6. The van der Waals surface area contributed by atoms with E-state index in [4.69, 9.17) is 43.2 Å². The lowest BCUT2D eigenvalue weighted by molar-refractivity contribution is 0.0702. The highest BCUT2D eigenvalue weighted by atomic mass is 35.5. The zero-order chi connectivity index (χ0) is 21.4. The molecule has 0 aliphatic carbocycles. The number of carbonyl (C=O) groups is 1. The van der Waals surface area contributed by atoms with Gasteiger partial charge < -0.3 is 20.0 Å². The number of rotatable bonds is 6. The van der Waals surface area contributed by atoms with E-state index in [0.717, 1.165) is 11.3 Å². The SMILES string of the molecule is Nc1ncc2c(-c3csc(C(=O)O)c3)coc2c1OCCc1c(Cl)ccc(F)c1Cl. The van der Waals surface area contributed by atoms with Gasteiger partial charge in [-0.15, -0.1) is 11.3 Å². The maximum Gasteiger partial charge on any atom is 0.345 e. The van der Waals surface area contributed by atoms with Crippen LogP contribution in [0.1, 0.15) is 15.2 Å².